The highest BCUT2D eigenvalue weighted by Gasteiger charge is 2.26. The molecule has 23 heavy (non-hydrogen) atoms. The standard InChI is InChI=1S/C16H20N6O/c1-9-20-13-8-19-15-12(6-7-18-15)14(13)22(9)11-4-2-10(3-5-11)21-16(17)23/h6-8,10-11H,2-5H2,1H3,(H,18,19)(H3,17,21,23). The van der Waals surface area contributed by atoms with Crippen molar-refractivity contribution in [1.29, 1.82) is 0 Å². The largest absolute Gasteiger partial charge is 0.352 e. The first-order chi connectivity index (χ1) is 11.1. The van der Waals surface area contributed by atoms with Crippen molar-refractivity contribution in [2.45, 2.75) is 44.7 Å². The minimum absolute atomic E-state index is 0.188. The van der Waals surface area contributed by atoms with Gasteiger partial charge in [-0.1, -0.05) is 0 Å². The molecule has 7 heteroatoms. The Kier molecular flexibility index (Phi) is 3.21. The van der Waals surface area contributed by atoms with E-state index >= 15 is 0 Å². The lowest BCUT2D eigenvalue weighted by molar-refractivity contribution is 0.235. The number of pyridine rings is 1. The lowest BCUT2D eigenvalue weighted by Gasteiger charge is -2.30. The van der Waals surface area contributed by atoms with Gasteiger partial charge in [-0.05, 0) is 38.7 Å². The van der Waals surface area contributed by atoms with Crippen LogP contribution in [0.4, 0.5) is 4.79 Å². The summed E-state index contributed by atoms with van der Waals surface area (Å²) in [6.07, 6.45) is 7.63. The van der Waals surface area contributed by atoms with Gasteiger partial charge in [0.25, 0.3) is 0 Å². The van der Waals surface area contributed by atoms with E-state index in [1.54, 1.807) is 0 Å². The molecule has 120 valence electrons. The van der Waals surface area contributed by atoms with Gasteiger partial charge in [0.05, 0.1) is 11.7 Å². The Balaban J connectivity index is 1.70. The molecule has 1 saturated carbocycles. The third-order valence-corrected chi connectivity index (χ3v) is 4.82. The molecule has 1 aliphatic carbocycles. The fourth-order valence-electron chi connectivity index (χ4n) is 3.83. The zero-order valence-electron chi connectivity index (χ0n) is 13.0. The zero-order valence-corrected chi connectivity index (χ0v) is 13.0. The molecular weight excluding hydrogens is 292 g/mol. The van der Waals surface area contributed by atoms with E-state index in [2.05, 4.69) is 30.9 Å². The number of imidazole rings is 1. The number of H-pyrrole nitrogens is 1. The Bertz CT molecular complexity index is 871. The normalized spacial score (nSPS) is 21.8. The van der Waals surface area contributed by atoms with Gasteiger partial charge in [-0.2, -0.15) is 0 Å². The van der Waals surface area contributed by atoms with Crippen molar-refractivity contribution < 1.29 is 4.79 Å². The number of hydrogen-bond acceptors (Lipinski definition) is 3. The van der Waals surface area contributed by atoms with Crippen LogP contribution in [0.3, 0.4) is 0 Å². The van der Waals surface area contributed by atoms with Crippen LogP contribution in [-0.4, -0.2) is 31.6 Å². The molecule has 1 aliphatic rings. The van der Waals surface area contributed by atoms with Crippen LogP contribution in [0.15, 0.2) is 18.5 Å². The number of hydrogen-bond donors (Lipinski definition) is 3. The Morgan fingerprint density at radius 1 is 1.39 bits per heavy atom. The van der Waals surface area contributed by atoms with Gasteiger partial charge in [0.1, 0.15) is 17.0 Å². The molecule has 0 bridgehead atoms. The van der Waals surface area contributed by atoms with Crippen LogP contribution in [0.1, 0.15) is 37.5 Å². The molecule has 0 aromatic carbocycles. The van der Waals surface area contributed by atoms with Crippen molar-refractivity contribution in [2.75, 3.05) is 0 Å². The fourth-order valence-corrected chi connectivity index (χ4v) is 3.83. The number of aromatic nitrogens is 4. The van der Waals surface area contributed by atoms with E-state index in [4.69, 9.17) is 5.73 Å². The second kappa shape index (κ2) is 5.26. The molecule has 0 aliphatic heterocycles. The second-order valence-electron chi connectivity index (χ2n) is 6.28. The molecule has 1 fully saturated rings. The molecule has 0 spiro atoms. The number of carbonyl (C=O) groups is 1. The maximum Gasteiger partial charge on any atom is 0.312 e. The van der Waals surface area contributed by atoms with E-state index in [0.29, 0.717) is 6.04 Å². The van der Waals surface area contributed by atoms with Crippen molar-refractivity contribution >= 4 is 28.1 Å². The molecule has 0 radical (unpaired) electrons. The number of rotatable bonds is 2. The smallest absolute Gasteiger partial charge is 0.312 e. The summed E-state index contributed by atoms with van der Waals surface area (Å²) in [6.45, 7) is 2.05. The summed E-state index contributed by atoms with van der Waals surface area (Å²) in [7, 11) is 0. The summed E-state index contributed by atoms with van der Waals surface area (Å²) in [5, 5.41) is 3.94. The number of aromatic amines is 1. The number of aryl methyl sites for hydroxylation is 1. The Labute approximate surface area is 133 Å². The number of amides is 2. The topological polar surface area (TPSA) is 102 Å². The number of carbonyl (C=O) groups excluding carboxylic acids is 1. The quantitative estimate of drug-likeness (QED) is 0.677. The molecular formula is C16H20N6O. The number of fused-ring (bicyclic) bond motifs is 3. The molecule has 3 aromatic rings. The predicted octanol–water partition coefficient (Wildman–Crippen LogP) is 2.37. The van der Waals surface area contributed by atoms with E-state index in [9.17, 15) is 4.79 Å². The van der Waals surface area contributed by atoms with Crippen molar-refractivity contribution in [1.82, 2.24) is 24.8 Å². The number of nitrogens with one attached hydrogen (secondary N) is 2. The van der Waals surface area contributed by atoms with Crippen LogP contribution < -0.4 is 11.1 Å². The number of nitrogens with zero attached hydrogens (tertiary/aromatic N) is 3. The van der Waals surface area contributed by atoms with Gasteiger partial charge < -0.3 is 20.6 Å². The third-order valence-electron chi connectivity index (χ3n) is 4.82. The highest BCUT2D eigenvalue weighted by atomic mass is 16.2. The summed E-state index contributed by atoms with van der Waals surface area (Å²) in [6, 6.07) is 2.21. The Hall–Kier alpha value is -2.57. The van der Waals surface area contributed by atoms with E-state index in [1.807, 2.05) is 19.3 Å². The summed E-state index contributed by atoms with van der Waals surface area (Å²) >= 11 is 0. The molecule has 4 rings (SSSR count). The van der Waals surface area contributed by atoms with Gasteiger partial charge in [-0.3, -0.25) is 0 Å². The van der Waals surface area contributed by atoms with Crippen molar-refractivity contribution in [3.8, 4) is 0 Å². The van der Waals surface area contributed by atoms with E-state index in [-0.39, 0.29) is 6.04 Å². The van der Waals surface area contributed by atoms with Crippen LogP contribution in [-0.2, 0) is 0 Å². The lowest BCUT2D eigenvalue weighted by Crippen LogP contribution is -2.41. The first-order valence-electron chi connectivity index (χ1n) is 8.00. The highest BCUT2D eigenvalue weighted by molar-refractivity contribution is 6.01. The van der Waals surface area contributed by atoms with Gasteiger partial charge in [-0.15, -0.1) is 0 Å². The van der Waals surface area contributed by atoms with Crippen LogP contribution in [0.2, 0.25) is 0 Å². The maximum absolute atomic E-state index is 11.0. The van der Waals surface area contributed by atoms with Crippen molar-refractivity contribution in [3.05, 3.63) is 24.3 Å². The fraction of sp³-hybridized carbons (Fsp3) is 0.438. The monoisotopic (exact) mass is 312 g/mol. The maximum atomic E-state index is 11.0. The van der Waals surface area contributed by atoms with Crippen LogP contribution in [0.25, 0.3) is 22.1 Å². The first kappa shape index (κ1) is 14.0. The average Bonchev–Trinajstić information content (AvgIpc) is 3.10. The van der Waals surface area contributed by atoms with Crippen molar-refractivity contribution in [2.24, 2.45) is 5.73 Å². The van der Waals surface area contributed by atoms with Gasteiger partial charge in [0.2, 0.25) is 0 Å². The first-order valence-corrected chi connectivity index (χ1v) is 8.00. The van der Waals surface area contributed by atoms with Crippen molar-refractivity contribution in [3.63, 3.8) is 0 Å². The second-order valence-corrected chi connectivity index (χ2v) is 6.28. The van der Waals surface area contributed by atoms with Crippen LogP contribution in [0.5, 0.6) is 0 Å². The Morgan fingerprint density at radius 2 is 2.17 bits per heavy atom. The number of primary amides is 1. The van der Waals surface area contributed by atoms with Gasteiger partial charge in [-0.25, -0.2) is 14.8 Å². The number of nitrogens with two attached hydrogens (primary N) is 1. The molecule has 0 saturated heterocycles. The molecule has 3 aromatic heterocycles. The van der Waals surface area contributed by atoms with Crippen LogP contribution >= 0.6 is 0 Å². The average molecular weight is 312 g/mol. The van der Waals surface area contributed by atoms with E-state index in [0.717, 1.165) is 53.6 Å². The molecule has 3 heterocycles. The van der Waals surface area contributed by atoms with Gasteiger partial charge >= 0.3 is 6.03 Å². The van der Waals surface area contributed by atoms with Crippen LogP contribution in [0, 0.1) is 6.92 Å². The van der Waals surface area contributed by atoms with Gasteiger partial charge in [0.15, 0.2) is 0 Å². The SMILES string of the molecule is Cc1nc2cnc3[nH]ccc3c2n1C1CCC(NC(N)=O)CC1. The number of urea groups is 1. The van der Waals surface area contributed by atoms with E-state index in [1.165, 1.54) is 0 Å². The minimum Gasteiger partial charge on any atom is -0.352 e. The predicted molar refractivity (Wildman–Crippen MR) is 88.1 cm³/mol. The summed E-state index contributed by atoms with van der Waals surface area (Å²) in [5.74, 6) is 1.02. The molecule has 0 atom stereocenters. The zero-order chi connectivity index (χ0) is 16.0. The highest BCUT2D eigenvalue weighted by Crippen LogP contribution is 2.34. The lowest BCUT2D eigenvalue weighted by atomic mass is 9.91. The minimum atomic E-state index is -0.433. The molecule has 0 unspecified atom stereocenters. The van der Waals surface area contributed by atoms with E-state index < -0.39 is 6.03 Å². The summed E-state index contributed by atoms with van der Waals surface area (Å²) in [4.78, 5) is 23.3. The summed E-state index contributed by atoms with van der Waals surface area (Å²) in [5.41, 5.74) is 8.21. The molecule has 2 amide bonds. The summed E-state index contributed by atoms with van der Waals surface area (Å²) < 4.78 is 2.34. The Morgan fingerprint density at radius 3 is 2.91 bits per heavy atom. The third kappa shape index (κ3) is 2.32. The molecule has 7 nitrogen and oxygen atoms in total. The van der Waals surface area contributed by atoms with Gasteiger partial charge in [0, 0.05) is 23.7 Å². The molecule has 4 N–H and O–H groups in total.